The fourth-order valence-electron chi connectivity index (χ4n) is 3.56. The van der Waals surface area contributed by atoms with Crippen LogP contribution in [0.4, 0.5) is 5.82 Å². The summed E-state index contributed by atoms with van der Waals surface area (Å²) >= 11 is 6.15. The van der Waals surface area contributed by atoms with Crippen LogP contribution in [0.25, 0.3) is 11.2 Å². The maximum Gasteiger partial charge on any atom is 0.166 e. The number of rotatable bonds is 3. The first kappa shape index (κ1) is 19.2. The van der Waals surface area contributed by atoms with E-state index in [1.807, 2.05) is 42.1 Å². The van der Waals surface area contributed by atoms with Crippen molar-refractivity contribution in [1.82, 2.24) is 19.5 Å². The van der Waals surface area contributed by atoms with E-state index in [2.05, 4.69) is 30.7 Å². The van der Waals surface area contributed by atoms with Crippen LogP contribution in [0.2, 0.25) is 5.02 Å². The summed E-state index contributed by atoms with van der Waals surface area (Å²) in [6.07, 6.45) is 2.52. The predicted molar refractivity (Wildman–Crippen MR) is 112 cm³/mol. The molecule has 28 heavy (non-hydrogen) atoms. The number of imidazole rings is 1. The molecule has 0 bridgehead atoms. The molecule has 0 radical (unpaired) electrons. The Balaban J connectivity index is 1.82. The van der Waals surface area contributed by atoms with Gasteiger partial charge in [0.15, 0.2) is 17.0 Å². The highest BCUT2D eigenvalue weighted by Gasteiger charge is 2.34. The van der Waals surface area contributed by atoms with Crippen LogP contribution in [0.15, 0.2) is 30.6 Å². The number of hydrogen-bond donors (Lipinski definition) is 1. The number of anilines is 1. The monoisotopic (exact) mass is 399 g/mol. The fourth-order valence-corrected chi connectivity index (χ4v) is 3.77. The van der Waals surface area contributed by atoms with E-state index in [4.69, 9.17) is 21.6 Å². The third kappa shape index (κ3) is 3.71. The van der Waals surface area contributed by atoms with Crippen LogP contribution in [0.1, 0.15) is 45.5 Å². The Morgan fingerprint density at radius 1 is 1.25 bits per heavy atom. The largest absolute Gasteiger partial charge is 0.388 e. The molecule has 1 aromatic carbocycles. The van der Waals surface area contributed by atoms with E-state index in [1.54, 1.807) is 0 Å². The Morgan fingerprint density at radius 3 is 2.68 bits per heavy atom. The zero-order chi connectivity index (χ0) is 20.1. The van der Waals surface area contributed by atoms with Crippen LogP contribution < -0.4 is 4.90 Å². The van der Waals surface area contributed by atoms with Crippen LogP contribution in [0.3, 0.4) is 0 Å². The minimum Gasteiger partial charge on any atom is -0.388 e. The summed E-state index contributed by atoms with van der Waals surface area (Å²) in [4.78, 5) is 16.5. The van der Waals surface area contributed by atoms with Crippen molar-refractivity contribution in [2.45, 2.75) is 51.7 Å². The van der Waals surface area contributed by atoms with Gasteiger partial charge in [-0.25, -0.2) is 15.0 Å². The van der Waals surface area contributed by atoms with Crippen molar-refractivity contribution < 1.29 is 5.11 Å². The van der Waals surface area contributed by atoms with E-state index in [1.165, 1.54) is 0 Å². The smallest absolute Gasteiger partial charge is 0.166 e. The fraction of sp³-hybridized carbons (Fsp3) is 0.476. The van der Waals surface area contributed by atoms with Gasteiger partial charge in [-0.2, -0.15) is 0 Å². The van der Waals surface area contributed by atoms with Crippen LogP contribution in [0.5, 0.6) is 0 Å². The summed E-state index contributed by atoms with van der Waals surface area (Å²) < 4.78 is 2.04. The molecule has 3 heterocycles. The van der Waals surface area contributed by atoms with Crippen LogP contribution >= 0.6 is 11.6 Å². The van der Waals surface area contributed by atoms with E-state index in [-0.39, 0.29) is 5.41 Å². The maximum atomic E-state index is 10.4. The number of benzene rings is 1. The van der Waals surface area contributed by atoms with Crippen molar-refractivity contribution in [3.05, 3.63) is 47.0 Å². The Kier molecular flexibility index (Phi) is 4.59. The van der Waals surface area contributed by atoms with Gasteiger partial charge in [0.2, 0.25) is 0 Å². The Bertz CT molecular complexity index is 1020. The lowest BCUT2D eigenvalue weighted by Gasteiger charge is -2.23. The minimum absolute atomic E-state index is 0.198. The normalized spacial score (nSPS) is 20.3. The molecule has 3 aromatic rings. The molecule has 0 saturated carbocycles. The number of hydrogen-bond acceptors (Lipinski definition) is 5. The topological polar surface area (TPSA) is 67.1 Å². The van der Waals surface area contributed by atoms with Gasteiger partial charge in [0.05, 0.1) is 18.5 Å². The second-order valence-corrected chi connectivity index (χ2v) is 9.40. The molecule has 6 nitrogen and oxygen atoms in total. The molecule has 1 aliphatic heterocycles. The number of aromatic nitrogens is 4. The summed E-state index contributed by atoms with van der Waals surface area (Å²) in [5, 5.41) is 11.1. The Morgan fingerprint density at radius 2 is 2.04 bits per heavy atom. The van der Waals surface area contributed by atoms with Crippen molar-refractivity contribution in [3.63, 3.8) is 0 Å². The number of fused-ring (bicyclic) bond motifs is 1. The molecule has 4 rings (SSSR count). The molecule has 7 heteroatoms. The third-order valence-corrected chi connectivity index (χ3v) is 5.34. The van der Waals surface area contributed by atoms with Gasteiger partial charge in [-0.15, -0.1) is 0 Å². The van der Waals surface area contributed by atoms with E-state index < -0.39 is 5.60 Å². The molecule has 1 unspecified atom stereocenters. The second-order valence-electron chi connectivity index (χ2n) is 8.96. The van der Waals surface area contributed by atoms with E-state index in [0.717, 1.165) is 34.9 Å². The summed E-state index contributed by atoms with van der Waals surface area (Å²) in [6.45, 7) is 10.1. The molecular weight excluding hydrogens is 374 g/mol. The van der Waals surface area contributed by atoms with Gasteiger partial charge in [0.25, 0.3) is 0 Å². The molecule has 0 amide bonds. The van der Waals surface area contributed by atoms with Crippen molar-refractivity contribution in [1.29, 1.82) is 0 Å². The zero-order valence-corrected chi connectivity index (χ0v) is 17.5. The molecule has 1 aliphatic rings. The van der Waals surface area contributed by atoms with Gasteiger partial charge in [-0.3, -0.25) is 0 Å². The molecule has 1 N–H and O–H groups in total. The van der Waals surface area contributed by atoms with Gasteiger partial charge in [-0.05, 0) is 31.0 Å². The van der Waals surface area contributed by atoms with Crippen LogP contribution in [-0.4, -0.2) is 43.3 Å². The first-order valence-electron chi connectivity index (χ1n) is 9.57. The van der Waals surface area contributed by atoms with Crippen molar-refractivity contribution in [2.24, 2.45) is 0 Å². The average molecular weight is 400 g/mol. The molecule has 1 fully saturated rings. The predicted octanol–water partition coefficient (Wildman–Crippen LogP) is 3.79. The van der Waals surface area contributed by atoms with Crippen molar-refractivity contribution in [2.75, 3.05) is 18.0 Å². The van der Waals surface area contributed by atoms with Crippen LogP contribution in [-0.2, 0) is 12.0 Å². The van der Waals surface area contributed by atoms with E-state index in [0.29, 0.717) is 24.5 Å². The summed E-state index contributed by atoms with van der Waals surface area (Å²) in [6, 6.07) is 7.82. The number of halogens is 1. The number of β-amino-alcohol motifs (C(OH)–C–C–N with tert-alkyl or cyclic N) is 1. The molecule has 0 spiro atoms. The lowest BCUT2D eigenvalue weighted by Crippen LogP contribution is -2.31. The van der Waals surface area contributed by atoms with Gasteiger partial charge in [0, 0.05) is 23.5 Å². The second kappa shape index (κ2) is 6.71. The van der Waals surface area contributed by atoms with Crippen molar-refractivity contribution >= 4 is 28.6 Å². The van der Waals surface area contributed by atoms with Gasteiger partial charge >= 0.3 is 0 Å². The molecular formula is C21H26ClN5O. The SMILES string of the molecule is CC1(O)CCN(c2nc(C(C)(C)C)nc3c2ncn3Cc2cccc(Cl)c2)C1. The lowest BCUT2D eigenvalue weighted by molar-refractivity contribution is 0.0839. The average Bonchev–Trinajstić information content (AvgIpc) is 3.16. The Labute approximate surface area is 170 Å². The summed E-state index contributed by atoms with van der Waals surface area (Å²) in [5.41, 5.74) is 1.77. The standard InChI is InChI=1S/C21H26ClN5O/c1-20(2,3)19-24-17(26-9-8-21(4,28)12-26)16-18(25-19)27(13-23-16)11-14-6-5-7-15(22)10-14/h5-7,10,13,28H,8-9,11-12H2,1-4H3. The lowest BCUT2D eigenvalue weighted by atomic mass is 9.96. The molecule has 1 saturated heterocycles. The quantitative estimate of drug-likeness (QED) is 0.725. The maximum absolute atomic E-state index is 10.4. The number of aliphatic hydroxyl groups is 1. The highest BCUT2D eigenvalue weighted by Crippen LogP contribution is 2.32. The van der Waals surface area contributed by atoms with Gasteiger partial charge < -0.3 is 14.6 Å². The molecule has 2 aromatic heterocycles. The van der Waals surface area contributed by atoms with E-state index in [9.17, 15) is 5.11 Å². The van der Waals surface area contributed by atoms with Crippen molar-refractivity contribution in [3.8, 4) is 0 Å². The third-order valence-electron chi connectivity index (χ3n) is 5.11. The first-order chi connectivity index (χ1) is 13.1. The first-order valence-corrected chi connectivity index (χ1v) is 9.95. The zero-order valence-electron chi connectivity index (χ0n) is 16.8. The molecule has 148 valence electrons. The highest BCUT2D eigenvalue weighted by molar-refractivity contribution is 6.30. The van der Waals surface area contributed by atoms with E-state index >= 15 is 0 Å². The van der Waals surface area contributed by atoms with Crippen LogP contribution in [0, 0.1) is 0 Å². The molecule has 1 atom stereocenters. The van der Waals surface area contributed by atoms with Gasteiger partial charge in [0.1, 0.15) is 5.82 Å². The van der Waals surface area contributed by atoms with Gasteiger partial charge in [-0.1, -0.05) is 44.5 Å². The Hall–Kier alpha value is -2.18. The molecule has 0 aliphatic carbocycles. The summed E-state index contributed by atoms with van der Waals surface area (Å²) in [7, 11) is 0. The summed E-state index contributed by atoms with van der Waals surface area (Å²) in [5.74, 6) is 1.58. The minimum atomic E-state index is -0.706. The highest BCUT2D eigenvalue weighted by atomic mass is 35.5. The number of nitrogens with zero attached hydrogens (tertiary/aromatic N) is 5.